The van der Waals surface area contributed by atoms with Gasteiger partial charge in [0.15, 0.2) is 5.96 Å². The van der Waals surface area contributed by atoms with Crippen LogP contribution in [0.1, 0.15) is 13.8 Å². The molecule has 1 aromatic carbocycles. The quantitative estimate of drug-likeness (QED) is 0.335. The number of hydrogen-bond donors (Lipinski definition) is 1. The first kappa shape index (κ1) is 18.8. The second kappa shape index (κ2) is 10.6. The Morgan fingerprint density at radius 1 is 1.15 bits per heavy atom. The fourth-order valence-electron chi connectivity index (χ4n) is 1.64. The number of halogens is 1. The lowest BCUT2D eigenvalue weighted by atomic mass is 10.3. The predicted molar refractivity (Wildman–Crippen MR) is 93.3 cm³/mol. The molecule has 1 rings (SSSR count). The minimum absolute atomic E-state index is 0. The smallest absolute Gasteiger partial charge is 0.191 e. The third kappa shape index (κ3) is 6.31. The van der Waals surface area contributed by atoms with E-state index in [-0.39, 0.29) is 24.0 Å². The normalized spacial score (nSPS) is 10.7. The Labute approximate surface area is 138 Å². The van der Waals surface area contributed by atoms with Gasteiger partial charge in [0.2, 0.25) is 0 Å². The molecule has 0 radical (unpaired) electrons. The molecule has 1 aromatic rings. The van der Waals surface area contributed by atoms with Crippen LogP contribution in [0.3, 0.4) is 0 Å². The Kier molecular flexibility index (Phi) is 9.96. The first-order valence-electron chi connectivity index (χ1n) is 6.53. The summed E-state index contributed by atoms with van der Waals surface area (Å²) in [5, 5.41) is 0. The summed E-state index contributed by atoms with van der Waals surface area (Å²) in [6.45, 7) is 6.90. The summed E-state index contributed by atoms with van der Waals surface area (Å²) in [5.41, 5.74) is 5.86. The Bertz CT molecular complexity index is 392. The number of aliphatic imine (C=N–C) groups is 1. The number of nitrogens with two attached hydrogens (primary N) is 1. The molecule has 0 bridgehead atoms. The summed E-state index contributed by atoms with van der Waals surface area (Å²) in [5.74, 6) is 2.19. The van der Waals surface area contributed by atoms with Gasteiger partial charge in [-0.05, 0) is 38.1 Å². The first-order chi connectivity index (χ1) is 9.21. The van der Waals surface area contributed by atoms with E-state index in [2.05, 4.69) is 18.8 Å². The molecule has 0 aliphatic heterocycles. The zero-order valence-electron chi connectivity index (χ0n) is 12.3. The lowest BCUT2D eigenvalue weighted by Gasteiger charge is -2.19. The monoisotopic (exact) mass is 393 g/mol. The summed E-state index contributed by atoms with van der Waals surface area (Å²) in [7, 11) is 1.64. The van der Waals surface area contributed by atoms with Gasteiger partial charge in [-0.1, -0.05) is 0 Å². The standard InChI is InChI=1S/C14H23N3O2.HI/c1-4-17(5-2)14(15)16-10-11-19-13-8-6-12(18-3)7-9-13;/h6-9H,4-5,10-11H2,1-3H3,(H2,15,16);1H. The van der Waals surface area contributed by atoms with Crippen molar-refractivity contribution in [3.63, 3.8) is 0 Å². The number of rotatable bonds is 7. The van der Waals surface area contributed by atoms with Crippen LogP contribution < -0.4 is 15.2 Å². The highest BCUT2D eigenvalue weighted by Crippen LogP contribution is 2.16. The Balaban J connectivity index is 0.00000361. The van der Waals surface area contributed by atoms with Gasteiger partial charge < -0.3 is 20.1 Å². The topological polar surface area (TPSA) is 60.1 Å². The van der Waals surface area contributed by atoms with Gasteiger partial charge in [0.25, 0.3) is 0 Å². The van der Waals surface area contributed by atoms with Gasteiger partial charge in [-0.2, -0.15) is 0 Å². The van der Waals surface area contributed by atoms with Gasteiger partial charge in [0.1, 0.15) is 18.1 Å². The van der Waals surface area contributed by atoms with Crippen LogP contribution >= 0.6 is 24.0 Å². The van der Waals surface area contributed by atoms with E-state index in [0.717, 1.165) is 24.6 Å². The van der Waals surface area contributed by atoms with E-state index in [9.17, 15) is 0 Å². The average Bonchev–Trinajstić information content (AvgIpc) is 2.45. The Morgan fingerprint density at radius 2 is 1.70 bits per heavy atom. The fourth-order valence-corrected chi connectivity index (χ4v) is 1.64. The molecule has 0 saturated carbocycles. The van der Waals surface area contributed by atoms with Gasteiger partial charge >= 0.3 is 0 Å². The van der Waals surface area contributed by atoms with Gasteiger partial charge in [0.05, 0.1) is 13.7 Å². The Morgan fingerprint density at radius 3 is 2.20 bits per heavy atom. The molecule has 2 N–H and O–H groups in total. The summed E-state index contributed by atoms with van der Waals surface area (Å²) in [6, 6.07) is 7.47. The van der Waals surface area contributed by atoms with E-state index in [4.69, 9.17) is 15.2 Å². The predicted octanol–water partition coefficient (Wildman–Crippen LogP) is 2.35. The highest BCUT2D eigenvalue weighted by Gasteiger charge is 2.01. The summed E-state index contributed by atoms with van der Waals surface area (Å²) < 4.78 is 10.6. The number of nitrogens with zero attached hydrogens (tertiary/aromatic N) is 2. The molecule has 0 saturated heterocycles. The Hall–Kier alpha value is -1.18. The maximum Gasteiger partial charge on any atom is 0.191 e. The van der Waals surface area contributed by atoms with Crippen LogP contribution in [-0.4, -0.2) is 44.2 Å². The number of benzene rings is 1. The van der Waals surface area contributed by atoms with Crippen LogP contribution in [0.5, 0.6) is 11.5 Å². The average molecular weight is 393 g/mol. The maximum absolute atomic E-state index is 5.86. The second-order valence-electron chi connectivity index (χ2n) is 3.94. The molecule has 0 aromatic heterocycles. The largest absolute Gasteiger partial charge is 0.497 e. The first-order valence-corrected chi connectivity index (χ1v) is 6.53. The van der Waals surface area contributed by atoms with Gasteiger partial charge in [-0.15, -0.1) is 24.0 Å². The molecule has 0 amide bonds. The third-order valence-electron chi connectivity index (χ3n) is 2.78. The van der Waals surface area contributed by atoms with E-state index in [1.165, 1.54) is 0 Å². The molecule has 114 valence electrons. The van der Waals surface area contributed by atoms with Crippen LogP contribution in [0, 0.1) is 0 Å². The highest BCUT2D eigenvalue weighted by molar-refractivity contribution is 14.0. The molecule has 20 heavy (non-hydrogen) atoms. The van der Waals surface area contributed by atoms with Gasteiger partial charge in [0, 0.05) is 13.1 Å². The molecular weight excluding hydrogens is 369 g/mol. The van der Waals surface area contributed by atoms with E-state index < -0.39 is 0 Å². The van der Waals surface area contributed by atoms with Crippen molar-refractivity contribution in [1.29, 1.82) is 0 Å². The van der Waals surface area contributed by atoms with Crippen LogP contribution in [0.15, 0.2) is 29.3 Å². The van der Waals surface area contributed by atoms with Crippen molar-refractivity contribution < 1.29 is 9.47 Å². The van der Waals surface area contributed by atoms with Crippen molar-refractivity contribution in [3.8, 4) is 11.5 Å². The number of ether oxygens (including phenoxy) is 2. The second-order valence-corrected chi connectivity index (χ2v) is 3.94. The van der Waals surface area contributed by atoms with Crippen LogP contribution in [0.25, 0.3) is 0 Å². The maximum atomic E-state index is 5.86. The minimum Gasteiger partial charge on any atom is -0.497 e. The molecule has 0 aliphatic carbocycles. The zero-order chi connectivity index (χ0) is 14.1. The number of hydrogen-bond acceptors (Lipinski definition) is 3. The molecule has 0 atom stereocenters. The van der Waals surface area contributed by atoms with Crippen molar-refractivity contribution in [2.45, 2.75) is 13.8 Å². The fraction of sp³-hybridized carbons (Fsp3) is 0.500. The molecule has 0 aliphatic rings. The molecule has 0 heterocycles. The van der Waals surface area contributed by atoms with Crippen LogP contribution in [-0.2, 0) is 0 Å². The summed E-state index contributed by atoms with van der Waals surface area (Å²) >= 11 is 0. The third-order valence-corrected chi connectivity index (χ3v) is 2.78. The molecule has 5 nitrogen and oxygen atoms in total. The van der Waals surface area contributed by atoms with E-state index in [1.807, 2.05) is 29.2 Å². The molecule has 0 fully saturated rings. The number of guanidine groups is 1. The molecule has 6 heteroatoms. The molecule has 0 unspecified atom stereocenters. The van der Waals surface area contributed by atoms with E-state index >= 15 is 0 Å². The molecular formula is C14H24IN3O2. The van der Waals surface area contributed by atoms with Crippen LogP contribution in [0.2, 0.25) is 0 Å². The van der Waals surface area contributed by atoms with Crippen LogP contribution in [0.4, 0.5) is 0 Å². The number of methoxy groups -OCH3 is 1. The highest BCUT2D eigenvalue weighted by atomic mass is 127. The van der Waals surface area contributed by atoms with E-state index in [1.54, 1.807) is 7.11 Å². The van der Waals surface area contributed by atoms with Crippen molar-refractivity contribution >= 4 is 29.9 Å². The van der Waals surface area contributed by atoms with Crippen molar-refractivity contribution in [2.24, 2.45) is 10.7 Å². The van der Waals surface area contributed by atoms with Gasteiger partial charge in [-0.25, -0.2) is 4.99 Å². The van der Waals surface area contributed by atoms with Gasteiger partial charge in [-0.3, -0.25) is 0 Å². The minimum atomic E-state index is 0. The lowest BCUT2D eigenvalue weighted by molar-refractivity contribution is 0.326. The van der Waals surface area contributed by atoms with Crippen molar-refractivity contribution in [3.05, 3.63) is 24.3 Å². The zero-order valence-corrected chi connectivity index (χ0v) is 14.7. The van der Waals surface area contributed by atoms with Crippen molar-refractivity contribution in [2.75, 3.05) is 33.4 Å². The SMILES string of the molecule is CCN(CC)C(N)=NCCOc1ccc(OC)cc1.I. The molecule has 0 spiro atoms. The lowest BCUT2D eigenvalue weighted by Crippen LogP contribution is -2.37. The van der Waals surface area contributed by atoms with E-state index in [0.29, 0.717) is 19.1 Å². The summed E-state index contributed by atoms with van der Waals surface area (Å²) in [6.07, 6.45) is 0. The summed E-state index contributed by atoms with van der Waals surface area (Å²) in [4.78, 5) is 6.29. The van der Waals surface area contributed by atoms with Crippen molar-refractivity contribution in [1.82, 2.24) is 4.90 Å².